The minimum Gasteiger partial charge on any atom is -0.507 e. The van der Waals surface area contributed by atoms with Gasteiger partial charge in [-0.05, 0) is 34.1 Å². The Hall–Kier alpha value is -4.74. The highest BCUT2D eigenvalue weighted by Gasteiger charge is 2.34. The molecular formula is C34H28F8N2O2. The van der Waals surface area contributed by atoms with Gasteiger partial charge in [0.15, 0.2) is 46.5 Å². The lowest BCUT2D eigenvalue weighted by atomic mass is 9.85. The van der Waals surface area contributed by atoms with Gasteiger partial charge in [0.2, 0.25) is 0 Å². The van der Waals surface area contributed by atoms with Crippen LogP contribution >= 0.6 is 0 Å². The number of hydrogen-bond donors (Lipinski definition) is 2. The Morgan fingerprint density at radius 1 is 0.478 bits per heavy atom. The molecule has 0 aromatic heterocycles. The van der Waals surface area contributed by atoms with Crippen molar-refractivity contribution in [2.24, 2.45) is 9.98 Å². The first-order valence-corrected chi connectivity index (χ1v) is 13.7. The molecule has 4 nitrogen and oxygen atoms in total. The van der Waals surface area contributed by atoms with Gasteiger partial charge in [0.05, 0.1) is 11.1 Å². The maximum Gasteiger partial charge on any atom is 0.188 e. The lowest BCUT2D eigenvalue weighted by Gasteiger charge is -2.21. The van der Waals surface area contributed by atoms with E-state index in [-0.39, 0.29) is 22.6 Å². The summed E-state index contributed by atoms with van der Waals surface area (Å²) in [5.74, 6) is -19.1. The average Bonchev–Trinajstić information content (AvgIpc) is 2.97. The van der Waals surface area contributed by atoms with E-state index in [9.17, 15) is 10.2 Å². The summed E-state index contributed by atoms with van der Waals surface area (Å²) in [5.41, 5.74) is -7.72. The van der Waals surface area contributed by atoms with Gasteiger partial charge in [-0.1, -0.05) is 65.8 Å². The molecule has 2 N–H and O–H groups in total. The minimum atomic E-state index is -2.39. The van der Waals surface area contributed by atoms with Crippen LogP contribution in [0.1, 0.15) is 63.8 Å². The van der Waals surface area contributed by atoms with Crippen LogP contribution in [0, 0.1) is 46.5 Å². The minimum absolute atomic E-state index is 0.0769. The molecule has 0 radical (unpaired) electrons. The fraction of sp³-hybridized carbons (Fsp3) is 0.235. The van der Waals surface area contributed by atoms with Crippen LogP contribution in [0.2, 0.25) is 0 Å². The second kappa shape index (κ2) is 12.2. The maximum absolute atomic E-state index is 15.1. The van der Waals surface area contributed by atoms with Gasteiger partial charge in [-0.25, -0.2) is 45.1 Å². The van der Waals surface area contributed by atoms with E-state index in [0.29, 0.717) is 23.6 Å². The first-order chi connectivity index (χ1) is 21.3. The highest BCUT2D eigenvalue weighted by molar-refractivity contribution is 5.87. The molecule has 0 aliphatic rings. The van der Waals surface area contributed by atoms with E-state index >= 15 is 35.1 Å². The predicted molar refractivity (Wildman–Crippen MR) is 160 cm³/mol. The van der Waals surface area contributed by atoms with E-state index < -0.39 is 79.9 Å². The zero-order valence-corrected chi connectivity index (χ0v) is 25.4. The number of phenols is 2. The quantitative estimate of drug-likeness (QED) is 0.129. The number of phenolic OH excluding ortho intramolecular Hbond substituents is 2. The third kappa shape index (κ3) is 6.08. The first-order valence-electron chi connectivity index (χ1n) is 13.7. The van der Waals surface area contributed by atoms with Gasteiger partial charge in [-0.15, -0.1) is 0 Å². The molecular weight excluding hydrogens is 620 g/mol. The van der Waals surface area contributed by atoms with Gasteiger partial charge in [0.1, 0.15) is 22.9 Å². The Balaban J connectivity index is 1.83. The van der Waals surface area contributed by atoms with Crippen molar-refractivity contribution in [1.29, 1.82) is 0 Å². The molecule has 0 unspecified atom stereocenters. The molecule has 0 bridgehead atoms. The van der Waals surface area contributed by atoms with Crippen molar-refractivity contribution in [3.8, 4) is 22.6 Å². The molecule has 12 heteroatoms. The molecule has 4 aromatic rings. The van der Waals surface area contributed by atoms with Crippen LogP contribution in [-0.2, 0) is 10.8 Å². The molecule has 46 heavy (non-hydrogen) atoms. The molecule has 242 valence electrons. The second-order valence-electron chi connectivity index (χ2n) is 12.5. The standard InChI is InChI=1S/C34H28F8N2O2/c1-33(2,3)17-11-7-9-15(31(17)45)13-43-29-25(39)21(35)19(22(36)26(29)40)20-23(37)27(41)30(28(42)24(20)38)44-14-16-10-8-12-18(32(16)46)34(4,5)6/h7-14,45-46H,1-6H3/b43-13+,44-14+. The number of aliphatic imine (C=N–C) groups is 2. The Morgan fingerprint density at radius 2 is 0.761 bits per heavy atom. The van der Waals surface area contributed by atoms with Gasteiger partial charge < -0.3 is 10.2 Å². The number of aromatic hydroxyl groups is 2. The highest BCUT2D eigenvalue weighted by Crippen LogP contribution is 2.42. The Morgan fingerprint density at radius 3 is 1.02 bits per heavy atom. The smallest absolute Gasteiger partial charge is 0.188 e. The summed E-state index contributed by atoms with van der Waals surface area (Å²) in [7, 11) is 0. The third-order valence-electron chi connectivity index (χ3n) is 7.15. The van der Waals surface area contributed by atoms with E-state index in [4.69, 9.17) is 0 Å². The van der Waals surface area contributed by atoms with E-state index in [0.717, 1.165) is 0 Å². The van der Waals surface area contributed by atoms with Crippen LogP contribution in [-0.4, -0.2) is 22.6 Å². The fourth-order valence-corrected chi connectivity index (χ4v) is 4.72. The Kier molecular flexibility index (Phi) is 9.07. The summed E-state index contributed by atoms with van der Waals surface area (Å²) in [6.07, 6.45) is 1.43. The topological polar surface area (TPSA) is 65.2 Å². The molecule has 4 aromatic carbocycles. The van der Waals surface area contributed by atoms with Gasteiger partial charge in [0.25, 0.3) is 0 Å². The summed E-state index contributed by atoms with van der Waals surface area (Å²) in [4.78, 5) is 6.80. The van der Waals surface area contributed by atoms with Crippen molar-refractivity contribution in [2.75, 3.05) is 0 Å². The molecule has 0 amide bonds. The number of nitrogens with zero attached hydrogens (tertiary/aromatic N) is 2. The van der Waals surface area contributed by atoms with Gasteiger partial charge in [-0.3, -0.25) is 0 Å². The SMILES string of the molecule is CC(C)(C)c1cccc(/C=N/c2c(F)c(F)c(-c3c(F)c(F)c(/N=C/c4cccc(C(C)(C)C)c4O)c(F)c3F)c(F)c2F)c1O. The van der Waals surface area contributed by atoms with Gasteiger partial charge in [-0.2, -0.15) is 0 Å². The van der Waals surface area contributed by atoms with Gasteiger partial charge >= 0.3 is 0 Å². The fourth-order valence-electron chi connectivity index (χ4n) is 4.72. The predicted octanol–water partition coefficient (Wildman–Crippen LogP) is 9.97. The summed E-state index contributed by atoms with van der Waals surface area (Å²) >= 11 is 0. The third-order valence-corrected chi connectivity index (χ3v) is 7.15. The van der Waals surface area contributed by atoms with Crippen LogP contribution in [0.25, 0.3) is 11.1 Å². The number of hydrogen-bond acceptors (Lipinski definition) is 4. The van der Waals surface area contributed by atoms with E-state index in [1.54, 1.807) is 53.7 Å². The molecule has 0 spiro atoms. The first kappa shape index (κ1) is 34.1. The van der Waals surface area contributed by atoms with E-state index in [1.807, 2.05) is 0 Å². The van der Waals surface area contributed by atoms with Crippen LogP contribution < -0.4 is 0 Å². The summed E-state index contributed by atoms with van der Waals surface area (Å²) in [6, 6.07) is 8.74. The average molecular weight is 649 g/mol. The molecule has 0 fully saturated rings. The molecule has 0 saturated carbocycles. The largest absolute Gasteiger partial charge is 0.507 e. The van der Waals surface area contributed by atoms with E-state index in [2.05, 4.69) is 9.98 Å². The lowest BCUT2D eigenvalue weighted by molar-refractivity contribution is 0.444. The molecule has 0 aliphatic heterocycles. The molecule has 4 rings (SSSR count). The number of para-hydroxylation sites is 2. The van der Waals surface area contributed by atoms with Crippen molar-refractivity contribution in [1.82, 2.24) is 0 Å². The van der Waals surface area contributed by atoms with Crippen molar-refractivity contribution in [3.63, 3.8) is 0 Å². The zero-order chi connectivity index (χ0) is 34.5. The monoisotopic (exact) mass is 648 g/mol. The number of benzene rings is 4. The summed E-state index contributed by atoms with van der Waals surface area (Å²) < 4.78 is 121. The van der Waals surface area contributed by atoms with Crippen molar-refractivity contribution < 1.29 is 45.3 Å². The van der Waals surface area contributed by atoms with Crippen LogP contribution in [0.4, 0.5) is 46.5 Å². The normalized spacial score (nSPS) is 12.6. The summed E-state index contributed by atoms with van der Waals surface area (Å²) in [6.45, 7) is 10.6. The Bertz CT molecular complexity index is 1730. The Labute approximate surface area is 259 Å². The zero-order valence-electron chi connectivity index (χ0n) is 25.4. The lowest BCUT2D eigenvalue weighted by Crippen LogP contribution is -2.11. The van der Waals surface area contributed by atoms with Crippen molar-refractivity contribution in [2.45, 2.75) is 52.4 Å². The molecule has 0 atom stereocenters. The number of halogens is 8. The second-order valence-corrected chi connectivity index (χ2v) is 12.5. The highest BCUT2D eigenvalue weighted by atomic mass is 19.2. The number of rotatable bonds is 5. The van der Waals surface area contributed by atoms with Crippen LogP contribution in [0.15, 0.2) is 46.4 Å². The molecule has 0 aliphatic carbocycles. The molecule has 0 heterocycles. The maximum atomic E-state index is 15.1. The van der Waals surface area contributed by atoms with Crippen LogP contribution in [0.5, 0.6) is 11.5 Å². The van der Waals surface area contributed by atoms with Crippen molar-refractivity contribution in [3.05, 3.63) is 105 Å². The van der Waals surface area contributed by atoms with Crippen molar-refractivity contribution >= 4 is 23.8 Å². The summed E-state index contributed by atoms with van der Waals surface area (Å²) in [5, 5.41) is 21.1. The van der Waals surface area contributed by atoms with Crippen LogP contribution in [0.3, 0.4) is 0 Å². The molecule has 0 saturated heterocycles. The van der Waals surface area contributed by atoms with Gasteiger partial charge in [0, 0.05) is 23.6 Å². The van der Waals surface area contributed by atoms with E-state index in [1.165, 1.54) is 24.3 Å².